The van der Waals surface area contributed by atoms with Crippen LogP contribution in [0.4, 0.5) is 4.79 Å². The summed E-state index contributed by atoms with van der Waals surface area (Å²) in [7, 11) is -2.98. The zero-order valence-corrected chi connectivity index (χ0v) is 15.0. The Hall–Kier alpha value is -0.780. The molecule has 0 aromatic rings. The van der Waals surface area contributed by atoms with Gasteiger partial charge in [-0.05, 0) is 44.4 Å². The highest BCUT2D eigenvalue weighted by molar-refractivity contribution is 7.90. The summed E-state index contributed by atoms with van der Waals surface area (Å²) in [5.74, 6) is 0.889. The molecule has 6 heteroatoms. The van der Waals surface area contributed by atoms with Crippen molar-refractivity contribution >= 4 is 15.9 Å². The maximum Gasteiger partial charge on any atom is 0.317 e. The molecule has 0 unspecified atom stereocenters. The van der Waals surface area contributed by atoms with Crippen LogP contribution in [0.5, 0.6) is 0 Å². The first kappa shape index (κ1) is 17.1. The zero-order valence-electron chi connectivity index (χ0n) is 14.2. The summed E-state index contributed by atoms with van der Waals surface area (Å²) < 4.78 is 23.1. The van der Waals surface area contributed by atoms with Gasteiger partial charge in [-0.2, -0.15) is 0 Å². The van der Waals surface area contributed by atoms with Gasteiger partial charge in [-0.15, -0.1) is 0 Å². The van der Waals surface area contributed by atoms with Crippen molar-refractivity contribution in [3.63, 3.8) is 0 Å². The highest BCUT2D eigenvalue weighted by Gasteiger charge is 2.45. The van der Waals surface area contributed by atoms with Crippen LogP contribution < -0.4 is 5.32 Å². The van der Waals surface area contributed by atoms with Gasteiger partial charge in [-0.1, -0.05) is 19.3 Å². The van der Waals surface area contributed by atoms with Gasteiger partial charge in [0.05, 0.1) is 5.75 Å². The first-order chi connectivity index (χ1) is 10.9. The maximum absolute atomic E-state index is 12.7. The fraction of sp³-hybridized carbons (Fsp3) is 0.941. The predicted molar refractivity (Wildman–Crippen MR) is 91.1 cm³/mol. The van der Waals surface area contributed by atoms with E-state index in [0.717, 1.165) is 32.2 Å². The summed E-state index contributed by atoms with van der Waals surface area (Å²) in [6.45, 7) is 1.39. The minimum Gasteiger partial charge on any atom is -0.337 e. The Morgan fingerprint density at radius 3 is 2.30 bits per heavy atom. The van der Waals surface area contributed by atoms with Crippen molar-refractivity contribution in [2.45, 2.75) is 63.8 Å². The average Bonchev–Trinajstić information content (AvgIpc) is 3.39. The highest BCUT2D eigenvalue weighted by Crippen LogP contribution is 2.46. The number of urea groups is 1. The molecule has 0 aliphatic heterocycles. The molecule has 3 rings (SSSR count). The monoisotopic (exact) mass is 342 g/mol. The summed E-state index contributed by atoms with van der Waals surface area (Å²) in [5.41, 5.74) is -0.193. The lowest BCUT2D eigenvalue weighted by atomic mass is 9.94. The lowest BCUT2D eigenvalue weighted by Gasteiger charge is -2.35. The Bertz CT molecular complexity index is 532. The lowest BCUT2D eigenvalue weighted by Crippen LogP contribution is -2.49. The predicted octanol–water partition coefficient (Wildman–Crippen LogP) is 2.57. The van der Waals surface area contributed by atoms with E-state index in [9.17, 15) is 13.2 Å². The third-order valence-corrected chi connectivity index (χ3v) is 6.70. The van der Waals surface area contributed by atoms with Gasteiger partial charge in [-0.25, -0.2) is 13.2 Å². The van der Waals surface area contributed by atoms with Crippen LogP contribution >= 0.6 is 0 Å². The van der Waals surface area contributed by atoms with Crippen molar-refractivity contribution in [2.24, 2.45) is 11.3 Å². The lowest BCUT2D eigenvalue weighted by molar-refractivity contribution is 0.150. The summed E-state index contributed by atoms with van der Waals surface area (Å²) in [6.07, 6.45) is 11.6. The Labute approximate surface area is 140 Å². The number of carbonyl (C=O) groups excluding carboxylic acids is 1. The second kappa shape index (κ2) is 6.61. The fourth-order valence-electron chi connectivity index (χ4n) is 3.84. The van der Waals surface area contributed by atoms with Crippen LogP contribution in [0.1, 0.15) is 57.8 Å². The average molecular weight is 343 g/mol. The molecular weight excluding hydrogens is 312 g/mol. The van der Waals surface area contributed by atoms with Gasteiger partial charge in [0.2, 0.25) is 0 Å². The molecule has 3 fully saturated rings. The molecule has 23 heavy (non-hydrogen) atoms. The Kier molecular flexibility index (Phi) is 4.90. The van der Waals surface area contributed by atoms with E-state index in [0.29, 0.717) is 18.5 Å². The second-order valence-corrected chi connectivity index (χ2v) is 10.3. The molecule has 3 aliphatic carbocycles. The molecule has 0 aromatic carbocycles. The minimum atomic E-state index is -2.98. The molecule has 3 aliphatic rings. The number of carbonyl (C=O) groups is 1. The molecule has 0 aromatic heterocycles. The molecule has 3 saturated carbocycles. The van der Waals surface area contributed by atoms with E-state index >= 15 is 0 Å². The molecular formula is C17H30N2O3S. The number of rotatable bonds is 7. The van der Waals surface area contributed by atoms with Crippen LogP contribution in [0.3, 0.4) is 0 Å². The normalized spacial score (nSPS) is 24.2. The van der Waals surface area contributed by atoms with Gasteiger partial charge in [0, 0.05) is 30.8 Å². The van der Waals surface area contributed by atoms with Crippen molar-refractivity contribution < 1.29 is 13.2 Å². The number of hydrogen-bond donors (Lipinski definition) is 1. The standard InChI is InChI=1S/C17H30N2O3S/c1-23(21,22)13-17(9-10-17)12-18-16(20)19(11-14-7-8-14)15-5-3-2-4-6-15/h14-15H,2-13H2,1H3,(H,18,20). The molecule has 132 valence electrons. The van der Waals surface area contributed by atoms with E-state index in [2.05, 4.69) is 10.2 Å². The van der Waals surface area contributed by atoms with Crippen LogP contribution in [0.25, 0.3) is 0 Å². The van der Waals surface area contributed by atoms with Gasteiger partial charge in [-0.3, -0.25) is 0 Å². The molecule has 0 atom stereocenters. The van der Waals surface area contributed by atoms with Crippen molar-refractivity contribution in [1.82, 2.24) is 10.2 Å². The van der Waals surface area contributed by atoms with Crippen molar-refractivity contribution in [2.75, 3.05) is 25.1 Å². The van der Waals surface area contributed by atoms with Gasteiger partial charge >= 0.3 is 6.03 Å². The second-order valence-electron chi connectivity index (χ2n) is 8.12. The van der Waals surface area contributed by atoms with Crippen LogP contribution in [0.15, 0.2) is 0 Å². The number of sulfone groups is 1. The smallest absolute Gasteiger partial charge is 0.317 e. The van der Waals surface area contributed by atoms with Gasteiger partial charge in [0.25, 0.3) is 0 Å². The Morgan fingerprint density at radius 2 is 1.78 bits per heavy atom. The number of nitrogens with one attached hydrogen (secondary N) is 1. The van der Waals surface area contributed by atoms with E-state index in [4.69, 9.17) is 0 Å². The van der Waals surface area contributed by atoms with Gasteiger partial charge in [0.1, 0.15) is 9.84 Å². The van der Waals surface area contributed by atoms with Crippen molar-refractivity contribution in [3.8, 4) is 0 Å². The van der Waals surface area contributed by atoms with E-state index in [1.54, 1.807) is 0 Å². The minimum absolute atomic E-state index is 0.0311. The van der Waals surface area contributed by atoms with Crippen LogP contribution in [-0.4, -0.2) is 50.5 Å². The Morgan fingerprint density at radius 1 is 1.13 bits per heavy atom. The van der Waals surface area contributed by atoms with Crippen LogP contribution in [0.2, 0.25) is 0 Å². The molecule has 0 spiro atoms. The quantitative estimate of drug-likeness (QED) is 0.773. The highest BCUT2D eigenvalue weighted by atomic mass is 32.2. The summed E-state index contributed by atoms with van der Waals surface area (Å²) >= 11 is 0. The van der Waals surface area contributed by atoms with Crippen molar-refractivity contribution in [3.05, 3.63) is 0 Å². The topological polar surface area (TPSA) is 66.5 Å². The number of hydrogen-bond acceptors (Lipinski definition) is 3. The van der Waals surface area contributed by atoms with Crippen LogP contribution in [-0.2, 0) is 9.84 Å². The molecule has 0 saturated heterocycles. The largest absolute Gasteiger partial charge is 0.337 e. The summed E-state index contributed by atoms with van der Waals surface area (Å²) in [6, 6.07) is 0.415. The summed E-state index contributed by atoms with van der Waals surface area (Å²) in [4.78, 5) is 14.8. The van der Waals surface area contributed by atoms with E-state index in [1.807, 2.05) is 0 Å². The molecule has 0 radical (unpaired) electrons. The molecule has 0 bridgehead atoms. The first-order valence-corrected chi connectivity index (χ1v) is 11.2. The van der Waals surface area contributed by atoms with Gasteiger partial charge in [0.15, 0.2) is 0 Å². The number of amides is 2. The Balaban J connectivity index is 1.55. The molecule has 5 nitrogen and oxygen atoms in total. The third kappa shape index (κ3) is 5.10. The zero-order chi connectivity index (χ0) is 16.5. The molecule has 0 heterocycles. The summed E-state index contributed by atoms with van der Waals surface area (Å²) in [5, 5.41) is 3.06. The first-order valence-electron chi connectivity index (χ1n) is 9.09. The maximum atomic E-state index is 12.7. The molecule has 1 N–H and O–H groups in total. The van der Waals surface area contributed by atoms with E-state index in [-0.39, 0.29) is 17.2 Å². The third-order valence-electron chi connectivity index (χ3n) is 5.57. The van der Waals surface area contributed by atoms with E-state index < -0.39 is 9.84 Å². The molecule has 2 amide bonds. The van der Waals surface area contributed by atoms with Crippen molar-refractivity contribution in [1.29, 1.82) is 0 Å². The number of nitrogens with zero attached hydrogens (tertiary/aromatic N) is 1. The SMILES string of the molecule is CS(=O)(=O)CC1(CNC(=O)N(CC2CC2)C2CCCCC2)CC1. The van der Waals surface area contributed by atoms with Crippen LogP contribution in [0, 0.1) is 11.3 Å². The van der Waals surface area contributed by atoms with E-state index in [1.165, 1.54) is 38.4 Å². The van der Waals surface area contributed by atoms with Gasteiger partial charge < -0.3 is 10.2 Å². The fourth-order valence-corrected chi connectivity index (χ4v) is 5.34.